The zero-order valence-electron chi connectivity index (χ0n) is 12.1. The van der Waals surface area contributed by atoms with Crippen molar-refractivity contribution >= 4 is 16.7 Å². The summed E-state index contributed by atoms with van der Waals surface area (Å²) < 4.78 is 0. The van der Waals surface area contributed by atoms with Crippen molar-refractivity contribution in [3.05, 3.63) is 35.9 Å². The molecular formula is C16H22N4. The number of nitrogens with one attached hydrogen (secondary N) is 1. The largest absolute Gasteiger partial charge is 0.308 e. The zero-order chi connectivity index (χ0) is 14.1. The molecule has 106 valence electrons. The maximum atomic E-state index is 5.62. The third-order valence-corrected chi connectivity index (χ3v) is 4.20. The molecule has 4 nitrogen and oxygen atoms in total. The van der Waals surface area contributed by atoms with Crippen molar-refractivity contribution in [2.45, 2.75) is 19.9 Å². The number of benzene rings is 1. The number of rotatable bonds is 5. The normalized spacial score (nSPS) is 21.4. The van der Waals surface area contributed by atoms with Gasteiger partial charge in [-0.05, 0) is 37.4 Å². The van der Waals surface area contributed by atoms with E-state index in [1.165, 1.54) is 6.42 Å². The predicted molar refractivity (Wildman–Crippen MR) is 83.2 cm³/mol. The van der Waals surface area contributed by atoms with Crippen LogP contribution in [0.1, 0.15) is 18.9 Å². The Morgan fingerprint density at radius 2 is 2.15 bits per heavy atom. The van der Waals surface area contributed by atoms with Crippen molar-refractivity contribution in [2.75, 3.05) is 19.0 Å². The van der Waals surface area contributed by atoms with Gasteiger partial charge in [-0.25, -0.2) is 10.8 Å². The van der Waals surface area contributed by atoms with Gasteiger partial charge in [0.05, 0.1) is 5.52 Å². The number of hydrogen-bond donors (Lipinski definition) is 2. The van der Waals surface area contributed by atoms with Crippen LogP contribution in [0.3, 0.4) is 0 Å². The minimum absolute atomic E-state index is 0.777. The number of fused-ring (bicyclic) bond motifs is 1. The SMILES string of the molecule is CC1CC1CN(C)Cc1cc2ccccc2nc1NN. The van der Waals surface area contributed by atoms with Gasteiger partial charge in [0.15, 0.2) is 0 Å². The number of nitrogen functional groups attached to an aromatic ring is 1. The minimum Gasteiger partial charge on any atom is -0.308 e. The van der Waals surface area contributed by atoms with Crippen LogP contribution in [0.4, 0.5) is 5.82 Å². The van der Waals surface area contributed by atoms with Crippen LogP contribution in [-0.2, 0) is 6.54 Å². The molecule has 0 saturated heterocycles. The Morgan fingerprint density at radius 3 is 2.85 bits per heavy atom. The van der Waals surface area contributed by atoms with Crippen molar-refractivity contribution in [3.8, 4) is 0 Å². The first-order chi connectivity index (χ1) is 9.67. The van der Waals surface area contributed by atoms with Gasteiger partial charge in [-0.2, -0.15) is 0 Å². The summed E-state index contributed by atoms with van der Waals surface area (Å²) in [7, 11) is 2.17. The van der Waals surface area contributed by atoms with Crippen LogP contribution in [0, 0.1) is 11.8 Å². The molecule has 1 fully saturated rings. The van der Waals surface area contributed by atoms with Crippen LogP contribution in [0.5, 0.6) is 0 Å². The van der Waals surface area contributed by atoms with Crippen LogP contribution < -0.4 is 11.3 Å². The first-order valence-electron chi connectivity index (χ1n) is 7.21. The summed E-state index contributed by atoms with van der Waals surface area (Å²) >= 11 is 0. The average molecular weight is 270 g/mol. The molecule has 1 saturated carbocycles. The number of nitrogens with zero attached hydrogens (tertiary/aromatic N) is 2. The maximum Gasteiger partial charge on any atom is 0.145 e. The molecule has 2 aromatic rings. The Bertz CT molecular complexity index is 610. The summed E-state index contributed by atoms with van der Waals surface area (Å²) in [5, 5.41) is 1.16. The van der Waals surface area contributed by atoms with Crippen molar-refractivity contribution in [2.24, 2.45) is 17.7 Å². The van der Waals surface area contributed by atoms with Crippen LogP contribution in [-0.4, -0.2) is 23.5 Å². The third-order valence-electron chi connectivity index (χ3n) is 4.20. The number of aromatic nitrogens is 1. The maximum absolute atomic E-state index is 5.62. The van der Waals surface area contributed by atoms with Crippen LogP contribution in [0.15, 0.2) is 30.3 Å². The smallest absolute Gasteiger partial charge is 0.145 e. The molecule has 0 bridgehead atoms. The number of anilines is 1. The van der Waals surface area contributed by atoms with E-state index in [0.29, 0.717) is 0 Å². The molecule has 2 atom stereocenters. The van der Waals surface area contributed by atoms with E-state index in [1.54, 1.807) is 0 Å². The van der Waals surface area contributed by atoms with Gasteiger partial charge >= 0.3 is 0 Å². The topological polar surface area (TPSA) is 54.2 Å². The molecule has 0 radical (unpaired) electrons. The fourth-order valence-electron chi connectivity index (χ4n) is 2.81. The predicted octanol–water partition coefficient (Wildman–Crippen LogP) is 2.61. The lowest BCUT2D eigenvalue weighted by Gasteiger charge is -2.18. The van der Waals surface area contributed by atoms with Gasteiger partial charge in [0.25, 0.3) is 0 Å². The highest BCUT2D eigenvalue weighted by atomic mass is 15.3. The second-order valence-electron chi connectivity index (χ2n) is 6.00. The fraction of sp³-hybridized carbons (Fsp3) is 0.438. The Balaban J connectivity index is 1.81. The molecule has 0 spiro atoms. The Morgan fingerprint density at radius 1 is 1.40 bits per heavy atom. The number of para-hydroxylation sites is 1. The number of nitrogens with two attached hydrogens (primary N) is 1. The van der Waals surface area contributed by atoms with E-state index in [1.807, 2.05) is 18.2 Å². The summed E-state index contributed by atoms with van der Waals surface area (Å²) in [6.07, 6.45) is 1.36. The quantitative estimate of drug-likeness (QED) is 0.648. The van der Waals surface area contributed by atoms with E-state index in [-0.39, 0.29) is 0 Å². The highest BCUT2D eigenvalue weighted by molar-refractivity contribution is 5.81. The van der Waals surface area contributed by atoms with Gasteiger partial charge in [-0.3, -0.25) is 0 Å². The zero-order valence-corrected chi connectivity index (χ0v) is 12.1. The molecule has 2 unspecified atom stereocenters. The van der Waals surface area contributed by atoms with Crippen molar-refractivity contribution < 1.29 is 0 Å². The molecule has 1 aliphatic rings. The summed E-state index contributed by atoms with van der Waals surface area (Å²) in [6, 6.07) is 10.3. The van der Waals surface area contributed by atoms with Crippen LogP contribution >= 0.6 is 0 Å². The molecule has 0 aliphatic heterocycles. The average Bonchev–Trinajstić information content (AvgIpc) is 3.13. The number of hydrazine groups is 1. The molecule has 1 aromatic heterocycles. The molecule has 20 heavy (non-hydrogen) atoms. The highest BCUT2D eigenvalue weighted by Crippen LogP contribution is 2.38. The van der Waals surface area contributed by atoms with Gasteiger partial charge in [0, 0.05) is 24.0 Å². The van der Waals surface area contributed by atoms with Crippen molar-refractivity contribution in [1.29, 1.82) is 0 Å². The molecule has 1 aliphatic carbocycles. The first kappa shape index (κ1) is 13.3. The molecule has 3 N–H and O–H groups in total. The Hall–Kier alpha value is -1.65. The van der Waals surface area contributed by atoms with Crippen LogP contribution in [0.2, 0.25) is 0 Å². The van der Waals surface area contributed by atoms with Gasteiger partial charge < -0.3 is 10.3 Å². The molecule has 3 rings (SSSR count). The van der Waals surface area contributed by atoms with E-state index in [4.69, 9.17) is 5.84 Å². The second kappa shape index (κ2) is 5.38. The lowest BCUT2D eigenvalue weighted by Crippen LogP contribution is -2.22. The molecular weight excluding hydrogens is 248 g/mol. The lowest BCUT2D eigenvalue weighted by atomic mass is 10.1. The fourth-order valence-corrected chi connectivity index (χ4v) is 2.81. The van der Waals surface area contributed by atoms with Crippen molar-refractivity contribution in [1.82, 2.24) is 9.88 Å². The number of pyridine rings is 1. The van der Waals surface area contributed by atoms with E-state index in [0.717, 1.165) is 47.2 Å². The molecule has 0 amide bonds. The second-order valence-corrected chi connectivity index (χ2v) is 6.00. The summed E-state index contributed by atoms with van der Waals surface area (Å²) in [5.41, 5.74) is 4.86. The standard InChI is InChI=1S/C16H22N4/c1-11-7-13(11)9-20(2)10-14-8-12-5-3-4-6-15(12)18-16(14)19-17/h3-6,8,11,13H,7,9-10,17H2,1-2H3,(H,18,19). The summed E-state index contributed by atoms with van der Waals surface area (Å²) in [4.78, 5) is 6.96. The van der Waals surface area contributed by atoms with Gasteiger partial charge in [-0.1, -0.05) is 25.1 Å². The number of hydrogen-bond acceptors (Lipinski definition) is 4. The summed E-state index contributed by atoms with van der Waals surface area (Å²) in [5.74, 6) is 8.15. The van der Waals surface area contributed by atoms with E-state index in [9.17, 15) is 0 Å². The highest BCUT2D eigenvalue weighted by Gasteiger charge is 2.33. The van der Waals surface area contributed by atoms with E-state index < -0.39 is 0 Å². The van der Waals surface area contributed by atoms with E-state index >= 15 is 0 Å². The van der Waals surface area contributed by atoms with E-state index in [2.05, 4.69) is 41.4 Å². The van der Waals surface area contributed by atoms with Gasteiger partial charge in [-0.15, -0.1) is 0 Å². The third kappa shape index (κ3) is 2.76. The molecule has 1 heterocycles. The monoisotopic (exact) mass is 270 g/mol. The first-order valence-corrected chi connectivity index (χ1v) is 7.21. The molecule has 1 aromatic carbocycles. The van der Waals surface area contributed by atoms with Crippen LogP contribution in [0.25, 0.3) is 10.9 Å². The minimum atomic E-state index is 0.777. The van der Waals surface area contributed by atoms with Gasteiger partial charge in [0.1, 0.15) is 5.82 Å². The lowest BCUT2D eigenvalue weighted by molar-refractivity contribution is 0.308. The van der Waals surface area contributed by atoms with Crippen molar-refractivity contribution in [3.63, 3.8) is 0 Å². The Labute approximate surface area is 120 Å². The summed E-state index contributed by atoms with van der Waals surface area (Å²) in [6.45, 7) is 4.35. The Kier molecular flexibility index (Phi) is 3.59. The van der Waals surface area contributed by atoms with Gasteiger partial charge in [0.2, 0.25) is 0 Å². The molecule has 4 heteroatoms.